The maximum Gasteiger partial charge on any atom is 0.130 e. The summed E-state index contributed by atoms with van der Waals surface area (Å²) in [5.74, 6) is 2.95. The lowest BCUT2D eigenvalue weighted by atomic mass is 9.69. The van der Waals surface area contributed by atoms with Crippen molar-refractivity contribution in [3.8, 4) is 0 Å². The molecular formula is C35H49NO. The highest BCUT2D eigenvalue weighted by Crippen LogP contribution is 2.41. The van der Waals surface area contributed by atoms with Gasteiger partial charge in [0, 0.05) is 23.4 Å². The second-order valence-electron chi connectivity index (χ2n) is 10.6. The third kappa shape index (κ3) is 7.82. The number of aryl methyl sites for hydroxylation is 1. The molecule has 1 aromatic rings. The Kier molecular flexibility index (Phi) is 12.1. The van der Waals surface area contributed by atoms with Crippen LogP contribution in [0.4, 0.5) is 0 Å². The third-order valence-electron chi connectivity index (χ3n) is 7.74. The van der Waals surface area contributed by atoms with Crippen LogP contribution >= 0.6 is 0 Å². The largest absolute Gasteiger partial charge is 0.461 e. The van der Waals surface area contributed by atoms with Gasteiger partial charge in [-0.3, -0.25) is 0 Å². The van der Waals surface area contributed by atoms with Crippen molar-refractivity contribution in [2.45, 2.75) is 60.4 Å². The SMILES string of the molecule is C=C/C=C\c1c(C)o/c(=C/[C@H](C)[C@H]2CC=C([C@H](CC)NCC=C)C=C2C(C)C(/C=C\C=C)C(C)C)c1=C. The van der Waals surface area contributed by atoms with E-state index in [1.165, 1.54) is 11.1 Å². The molecule has 2 nitrogen and oxygen atoms in total. The fraction of sp³-hybridized carbons (Fsp3) is 0.429. The van der Waals surface area contributed by atoms with E-state index in [-0.39, 0.29) is 0 Å². The molecule has 1 aromatic heterocycles. The fourth-order valence-electron chi connectivity index (χ4n) is 5.61. The normalized spacial score (nSPS) is 20.1. The van der Waals surface area contributed by atoms with Crippen LogP contribution in [0.15, 0.2) is 83.9 Å². The highest BCUT2D eigenvalue weighted by atomic mass is 16.3. The number of hydrogen-bond donors (Lipinski definition) is 1. The highest BCUT2D eigenvalue weighted by molar-refractivity contribution is 5.54. The predicted octanol–water partition coefficient (Wildman–Crippen LogP) is 7.69. The quantitative estimate of drug-likeness (QED) is 0.210. The smallest absolute Gasteiger partial charge is 0.130 e. The number of allylic oxidation sites excluding steroid dienone is 7. The molecule has 1 aliphatic rings. The van der Waals surface area contributed by atoms with Crippen molar-refractivity contribution in [1.29, 1.82) is 0 Å². The van der Waals surface area contributed by atoms with Crippen LogP contribution < -0.4 is 16.0 Å². The van der Waals surface area contributed by atoms with E-state index in [1.807, 2.05) is 31.2 Å². The van der Waals surface area contributed by atoms with E-state index in [9.17, 15) is 0 Å². The molecule has 1 aliphatic carbocycles. The standard InChI is InChI=1S/C35H49NO/c1-11-15-17-30(24(5)6)26(8)33-23-29(34(14-4)36-21-13-3)19-20-31(33)25(7)22-35-27(9)32(18-16-12-2)28(10)37-35/h11-13,15-19,22-26,30-31,34,36H,1-3,9,14,20-21H2,4-8,10H3/b17-15-,18-16-,35-22+/t25-,26?,30?,31+,34-/m0/s1. The van der Waals surface area contributed by atoms with Crippen molar-refractivity contribution in [1.82, 2.24) is 5.32 Å². The monoisotopic (exact) mass is 499 g/mol. The summed E-state index contributed by atoms with van der Waals surface area (Å²) in [5, 5.41) is 4.59. The Labute approximate surface area is 226 Å². The Hall–Kier alpha value is -2.84. The first-order valence-electron chi connectivity index (χ1n) is 13.8. The van der Waals surface area contributed by atoms with E-state index in [4.69, 9.17) is 4.42 Å². The molecule has 0 saturated heterocycles. The van der Waals surface area contributed by atoms with Crippen molar-refractivity contribution < 1.29 is 4.42 Å². The summed E-state index contributed by atoms with van der Waals surface area (Å²) in [6, 6.07) is 0.333. The minimum Gasteiger partial charge on any atom is -0.461 e. The molecule has 2 rings (SSSR count). The molecule has 2 unspecified atom stereocenters. The minimum atomic E-state index is 0.297. The summed E-state index contributed by atoms with van der Waals surface area (Å²) < 4.78 is 6.18. The molecular weight excluding hydrogens is 450 g/mol. The van der Waals surface area contributed by atoms with Crippen molar-refractivity contribution in [3.63, 3.8) is 0 Å². The maximum absolute atomic E-state index is 6.18. The number of rotatable bonds is 14. The van der Waals surface area contributed by atoms with Crippen molar-refractivity contribution in [2.24, 2.45) is 29.6 Å². The molecule has 0 radical (unpaired) electrons. The Morgan fingerprint density at radius 1 is 1.11 bits per heavy atom. The van der Waals surface area contributed by atoms with Crippen molar-refractivity contribution in [3.05, 3.63) is 101 Å². The first kappa shape index (κ1) is 30.4. The lowest BCUT2D eigenvalue weighted by molar-refractivity contribution is 0.329. The predicted molar refractivity (Wildman–Crippen MR) is 164 cm³/mol. The molecule has 0 bridgehead atoms. The zero-order chi connectivity index (χ0) is 27.5. The lowest BCUT2D eigenvalue weighted by Crippen LogP contribution is -2.33. The van der Waals surface area contributed by atoms with Crippen LogP contribution in [0.5, 0.6) is 0 Å². The van der Waals surface area contributed by atoms with Crippen LogP contribution in [-0.2, 0) is 0 Å². The van der Waals surface area contributed by atoms with Gasteiger partial charge in [-0.2, -0.15) is 0 Å². The Balaban J connectivity index is 2.55. The number of hydrogen-bond acceptors (Lipinski definition) is 2. The molecule has 0 fully saturated rings. The Morgan fingerprint density at radius 2 is 1.81 bits per heavy atom. The molecule has 1 heterocycles. The summed E-state index contributed by atoms with van der Waals surface area (Å²) in [7, 11) is 0. The van der Waals surface area contributed by atoms with Crippen LogP contribution in [0.1, 0.15) is 58.8 Å². The van der Waals surface area contributed by atoms with Crippen LogP contribution in [0.25, 0.3) is 18.7 Å². The van der Waals surface area contributed by atoms with Gasteiger partial charge in [0.2, 0.25) is 0 Å². The number of furan rings is 1. The van der Waals surface area contributed by atoms with Gasteiger partial charge in [0.15, 0.2) is 0 Å². The lowest BCUT2D eigenvalue weighted by Gasteiger charge is -2.36. The minimum absolute atomic E-state index is 0.297. The van der Waals surface area contributed by atoms with E-state index in [0.29, 0.717) is 35.6 Å². The molecule has 0 spiro atoms. The average Bonchev–Trinajstić information content (AvgIpc) is 3.14. The Bertz CT molecular complexity index is 1150. The van der Waals surface area contributed by atoms with Crippen LogP contribution in [0.2, 0.25) is 0 Å². The van der Waals surface area contributed by atoms with Crippen molar-refractivity contribution in [2.75, 3.05) is 6.54 Å². The van der Waals surface area contributed by atoms with E-state index in [2.05, 4.69) is 96.6 Å². The summed E-state index contributed by atoms with van der Waals surface area (Å²) >= 11 is 0. The molecule has 0 aromatic carbocycles. The van der Waals surface area contributed by atoms with Crippen LogP contribution in [0, 0.1) is 36.5 Å². The highest BCUT2D eigenvalue weighted by Gasteiger charge is 2.31. The summed E-state index contributed by atoms with van der Waals surface area (Å²) in [6.07, 6.45) is 23.3. The molecule has 0 saturated carbocycles. The molecule has 0 aliphatic heterocycles. The first-order valence-corrected chi connectivity index (χ1v) is 13.8. The fourth-order valence-corrected chi connectivity index (χ4v) is 5.61. The molecule has 1 N–H and O–H groups in total. The number of nitrogens with one attached hydrogen (secondary N) is 1. The first-order chi connectivity index (χ1) is 17.7. The second kappa shape index (κ2) is 14.8. The van der Waals surface area contributed by atoms with Gasteiger partial charge in [0.1, 0.15) is 11.2 Å². The van der Waals surface area contributed by atoms with Gasteiger partial charge < -0.3 is 9.73 Å². The van der Waals surface area contributed by atoms with Crippen molar-refractivity contribution >= 4 is 18.7 Å². The van der Waals surface area contributed by atoms with Gasteiger partial charge in [0.25, 0.3) is 0 Å². The van der Waals surface area contributed by atoms with Gasteiger partial charge in [-0.25, -0.2) is 0 Å². The maximum atomic E-state index is 6.18. The molecule has 5 atom stereocenters. The summed E-state index contributed by atoms with van der Waals surface area (Å²) in [5.41, 5.74) is 4.84. The van der Waals surface area contributed by atoms with Gasteiger partial charge in [-0.15, -0.1) is 6.58 Å². The van der Waals surface area contributed by atoms with Gasteiger partial charge in [-0.05, 0) is 61.0 Å². The van der Waals surface area contributed by atoms with E-state index in [1.54, 1.807) is 6.08 Å². The second-order valence-corrected chi connectivity index (χ2v) is 10.6. The van der Waals surface area contributed by atoms with Gasteiger partial charge >= 0.3 is 0 Å². The average molecular weight is 500 g/mol. The summed E-state index contributed by atoms with van der Waals surface area (Å²) in [6.45, 7) is 30.3. The summed E-state index contributed by atoms with van der Waals surface area (Å²) in [4.78, 5) is 0. The van der Waals surface area contributed by atoms with E-state index in [0.717, 1.165) is 41.3 Å². The molecule has 2 heteroatoms. The molecule has 200 valence electrons. The molecule has 0 amide bonds. The van der Waals surface area contributed by atoms with Crippen LogP contribution in [0.3, 0.4) is 0 Å². The van der Waals surface area contributed by atoms with Gasteiger partial charge in [0.05, 0.1) is 0 Å². The topological polar surface area (TPSA) is 25.2 Å². The zero-order valence-corrected chi connectivity index (χ0v) is 24.1. The Morgan fingerprint density at radius 3 is 2.41 bits per heavy atom. The van der Waals surface area contributed by atoms with E-state index >= 15 is 0 Å². The molecule has 37 heavy (non-hydrogen) atoms. The third-order valence-corrected chi connectivity index (χ3v) is 7.74. The van der Waals surface area contributed by atoms with Crippen LogP contribution in [-0.4, -0.2) is 12.6 Å². The van der Waals surface area contributed by atoms with Gasteiger partial charge in [-0.1, -0.05) is 115 Å². The zero-order valence-electron chi connectivity index (χ0n) is 24.1. The van der Waals surface area contributed by atoms with E-state index < -0.39 is 0 Å².